The van der Waals surface area contributed by atoms with E-state index in [2.05, 4.69) is 34.3 Å². The lowest BCUT2D eigenvalue weighted by Gasteiger charge is -2.38. The molecule has 0 aliphatic carbocycles. The van der Waals surface area contributed by atoms with E-state index < -0.39 is 0 Å². The fourth-order valence-corrected chi connectivity index (χ4v) is 6.45. The third-order valence-electron chi connectivity index (χ3n) is 8.64. The molecule has 2 aromatic carbocycles. The molecular formula is C32H40N6O4. The van der Waals surface area contributed by atoms with Crippen molar-refractivity contribution in [2.75, 3.05) is 69.3 Å². The summed E-state index contributed by atoms with van der Waals surface area (Å²) in [6, 6.07) is 12.2. The number of methoxy groups -OCH3 is 1. The zero-order chi connectivity index (χ0) is 29.2. The molecule has 4 heterocycles. The molecule has 3 aromatic rings. The lowest BCUT2D eigenvalue weighted by atomic mass is 10.0. The highest BCUT2D eigenvalue weighted by Gasteiger charge is 2.30. The molecule has 2 saturated heterocycles. The monoisotopic (exact) mass is 572 g/mol. The van der Waals surface area contributed by atoms with E-state index in [0.717, 1.165) is 72.6 Å². The number of hydrogen-bond donors (Lipinski definition) is 1. The first-order valence-electron chi connectivity index (χ1n) is 14.9. The summed E-state index contributed by atoms with van der Waals surface area (Å²) in [5.41, 5.74) is 3.05. The molecule has 0 radical (unpaired) electrons. The molecule has 2 unspecified atom stereocenters. The minimum absolute atomic E-state index is 0.0381. The van der Waals surface area contributed by atoms with Gasteiger partial charge in [-0.15, -0.1) is 0 Å². The van der Waals surface area contributed by atoms with Gasteiger partial charge in [-0.25, -0.2) is 0 Å². The van der Waals surface area contributed by atoms with Gasteiger partial charge in [0.25, 0.3) is 0 Å². The van der Waals surface area contributed by atoms with Crippen LogP contribution in [0.25, 0.3) is 10.8 Å². The number of ether oxygens (including phenoxy) is 2. The summed E-state index contributed by atoms with van der Waals surface area (Å²) in [7, 11) is 1.77. The Labute approximate surface area is 247 Å². The Morgan fingerprint density at radius 1 is 1.12 bits per heavy atom. The number of anilines is 2. The maximum absolute atomic E-state index is 12.2. The van der Waals surface area contributed by atoms with Gasteiger partial charge in [0.2, 0.25) is 5.91 Å². The van der Waals surface area contributed by atoms with Crippen molar-refractivity contribution in [3.63, 3.8) is 0 Å². The van der Waals surface area contributed by atoms with E-state index in [-0.39, 0.29) is 23.9 Å². The molecule has 42 heavy (non-hydrogen) atoms. The van der Waals surface area contributed by atoms with Crippen LogP contribution in [0.3, 0.4) is 0 Å². The summed E-state index contributed by atoms with van der Waals surface area (Å²) in [5, 5.41) is 12.6. The average Bonchev–Trinajstić information content (AvgIpc) is 3.46. The van der Waals surface area contributed by atoms with Crippen molar-refractivity contribution in [2.45, 2.75) is 38.5 Å². The maximum Gasteiger partial charge on any atom is 0.318 e. The van der Waals surface area contributed by atoms with Gasteiger partial charge in [-0.05, 0) is 37.3 Å². The zero-order valence-corrected chi connectivity index (χ0v) is 24.5. The van der Waals surface area contributed by atoms with Crippen molar-refractivity contribution in [2.24, 2.45) is 0 Å². The quantitative estimate of drug-likeness (QED) is 0.409. The molecule has 6 rings (SSSR count). The number of carbonyl (C=O) groups excluding carboxylic acids is 1. The number of likely N-dealkylation sites (tertiary alicyclic amines) is 1. The Morgan fingerprint density at radius 2 is 1.93 bits per heavy atom. The smallest absolute Gasteiger partial charge is 0.318 e. The lowest BCUT2D eigenvalue weighted by Crippen LogP contribution is -2.49. The van der Waals surface area contributed by atoms with Crippen LogP contribution in [0.15, 0.2) is 49.1 Å². The second-order valence-corrected chi connectivity index (χ2v) is 11.5. The summed E-state index contributed by atoms with van der Waals surface area (Å²) < 4.78 is 11.9. The molecule has 10 heteroatoms. The number of rotatable bonds is 8. The van der Waals surface area contributed by atoms with Crippen LogP contribution >= 0.6 is 0 Å². The number of nitrogens with zero attached hydrogens (tertiary/aromatic N) is 6. The molecule has 3 aliphatic rings. The first-order valence-corrected chi connectivity index (χ1v) is 14.9. The number of benzene rings is 2. The highest BCUT2D eigenvalue weighted by molar-refractivity contribution is 5.95. The van der Waals surface area contributed by atoms with Gasteiger partial charge in [0.05, 0.1) is 18.3 Å². The number of fused-ring (bicyclic) bond motifs is 2. The molecular weight excluding hydrogens is 532 g/mol. The number of aromatic nitrogens is 2. The molecule has 1 aromatic heterocycles. The maximum atomic E-state index is 12.2. The normalized spacial score (nSPS) is 20.0. The third kappa shape index (κ3) is 5.87. The van der Waals surface area contributed by atoms with Crippen molar-refractivity contribution in [1.29, 1.82) is 0 Å². The highest BCUT2D eigenvalue weighted by atomic mass is 16.5. The van der Waals surface area contributed by atoms with Crippen molar-refractivity contribution in [3.05, 3.63) is 60.3 Å². The Morgan fingerprint density at radius 3 is 2.69 bits per heavy atom. The molecule has 222 valence electrons. The first-order chi connectivity index (χ1) is 20.4. The van der Waals surface area contributed by atoms with Crippen LogP contribution in [0.2, 0.25) is 0 Å². The van der Waals surface area contributed by atoms with Crippen LogP contribution in [-0.4, -0.2) is 102 Å². The lowest BCUT2D eigenvalue weighted by molar-refractivity contribution is -0.126. The Balaban J connectivity index is 1.28. The zero-order valence-electron chi connectivity index (χ0n) is 24.5. The number of phenolic OH excluding ortho intramolecular Hbond substituents is 1. The van der Waals surface area contributed by atoms with E-state index in [4.69, 9.17) is 19.4 Å². The standard InChI is InChI=1S/C32H40N6O4/c1-4-30(40)36-13-15-37(16-14-36)31-27-10-12-38(29-18-24(39)17-23-7-5-6-8-26(23)29)21-28(27)33-32(34-31)42-22(2)19-35-11-9-25(20-35)41-3/h4-8,17-18,22,25,39H,1,9-16,19-21H2,2-3H3. The topological polar surface area (TPSA) is 94.5 Å². The van der Waals surface area contributed by atoms with E-state index in [0.29, 0.717) is 38.7 Å². The van der Waals surface area contributed by atoms with Gasteiger partial charge in [-0.2, -0.15) is 9.97 Å². The van der Waals surface area contributed by atoms with Crippen molar-refractivity contribution in [1.82, 2.24) is 19.8 Å². The van der Waals surface area contributed by atoms with Gasteiger partial charge < -0.3 is 29.3 Å². The average molecular weight is 573 g/mol. The second kappa shape index (κ2) is 12.1. The predicted molar refractivity (Wildman–Crippen MR) is 163 cm³/mol. The number of carbonyl (C=O) groups is 1. The number of hydrogen-bond acceptors (Lipinski definition) is 9. The summed E-state index contributed by atoms with van der Waals surface area (Å²) in [6.45, 7) is 12.3. The fourth-order valence-electron chi connectivity index (χ4n) is 6.45. The van der Waals surface area contributed by atoms with Crippen LogP contribution in [0, 0.1) is 0 Å². The molecule has 0 bridgehead atoms. The van der Waals surface area contributed by atoms with Crippen LogP contribution in [0.1, 0.15) is 24.6 Å². The van der Waals surface area contributed by atoms with Gasteiger partial charge in [0.15, 0.2) is 0 Å². The third-order valence-corrected chi connectivity index (χ3v) is 8.64. The van der Waals surface area contributed by atoms with Crippen molar-refractivity contribution < 1.29 is 19.4 Å². The molecule has 1 N–H and O–H groups in total. The van der Waals surface area contributed by atoms with Gasteiger partial charge >= 0.3 is 6.01 Å². The van der Waals surface area contributed by atoms with Gasteiger partial charge in [-0.3, -0.25) is 9.69 Å². The minimum Gasteiger partial charge on any atom is -0.508 e. The predicted octanol–water partition coefficient (Wildman–Crippen LogP) is 3.22. The molecule has 10 nitrogen and oxygen atoms in total. The largest absolute Gasteiger partial charge is 0.508 e. The Bertz CT molecular complexity index is 1460. The van der Waals surface area contributed by atoms with Crippen LogP contribution < -0.4 is 14.5 Å². The minimum atomic E-state index is -0.0942. The van der Waals surface area contributed by atoms with Crippen LogP contribution in [0.5, 0.6) is 11.8 Å². The summed E-state index contributed by atoms with van der Waals surface area (Å²) >= 11 is 0. The van der Waals surface area contributed by atoms with E-state index in [1.54, 1.807) is 13.2 Å². The van der Waals surface area contributed by atoms with E-state index >= 15 is 0 Å². The van der Waals surface area contributed by atoms with Gasteiger partial charge in [-0.1, -0.05) is 30.8 Å². The number of aromatic hydroxyl groups is 1. The van der Waals surface area contributed by atoms with Crippen molar-refractivity contribution >= 4 is 28.2 Å². The fraction of sp³-hybridized carbons (Fsp3) is 0.469. The highest BCUT2D eigenvalue weighted by Crippen LogP contribution is 2.36. The molecule has 0 saturated carbocycles. The number of piperazine rings is 1. The molecule has 0 spiro atoms. The van der Waals surface area contributed by atoms with E-state index in [1.165, 1.54) is 6.08 Å². The molecule has 2 fully saturated rings. The summed E-state index contributed by atoms with van der Waals surface area (Å²) in [4.78, 5) is 30.9. The Kier molecular flexibility index (Phi) is 8.17. The van der Waals surface area contributed by atoms with E-state index in [1.807, 2.05) is 29.2 Å². The number of amides is 1. The summed E-state index contributed by atoms with van der Waals surface area (Å²) in [6.07, 6.45) is 3.35. The molecule has 2 atom stereocenters. The van der Waals surface area contributed by atoms with E-state index in [9.17, 15) is 9.90 Å². The Hall–Kier alpha value is -3.89. The first kappa shape index (κ1) is 28.2. The van der Waals surface area contributed by atoms with Gasteiger partial charge in [0, 0.05) is 82.2 Å². The van der Waals surface area contributed by atoms with Crippen LogP contribution in [0.4, 0.5) is 11.5 Å². The van der Waals surface area contributed by atoms with Crippen LogP contribution in [-0.2, 0) is 22.5 Å². The molecule has 3 aliphatic heterocycles. The SMILES string of the molecule is C=CC(=O)N1CCN(c2nc(OC(C)CN3CCC(OC)C3)nc3c2CCN(c2cc(O)cc4ccccc24)C3)CC1. The van der Waals surface area contributed by atoms with Crippen molar-refractivity contribution in [3.8, 4) is 11.8 Å². The molecule has 1 amide bonds. The second-order valence-electron chi connectivity index (χ2n) is 11.5. The number of phenols is 1. The summed E-state index contributed by atoms with van der Waals surface area (Å²) in [5.74, 6) is 1.11. The van der Waals surface area contributed by atoms with Gasteiger partial charge in [0.1, 0.15) is 17.7 Å².